The summed E-state index contributed by atoms with van der Waals surface area (Å²) < 4.78 is 0. The van der Waals surface area contributed by atoms with Crippen LogP contribution in [0.15, 0.2) is 36.4 Å². The SMILES string of the molecule is O=C(O)/C=C/C(=O)NNc1ccc(Cl)cc1. The van der Waals surface area contributed by atoms with Crippen molar-refractivity contribution in [1.82, 2.24) is 5.43 Å². The molecule has 1 aromatic rings. The number of benzene rings is 1. The Balaban J connectivity index is 2.43. The molecular formula is C10H9ClN2O3. The first kappa shape index (κ1) is 12.1. The van der Waals surface area contributed by atoms with E-state index in [0.717, 1.165) is 12.2 Å². The lowest BCUT2D eigenvalue weighted by atomic mass is 10.3. The van der Waals surface area contributed by atoms with Gasteiger partial charge < -0.3 is 5.11 Å². The van der Waals surface area contributed by atoms with E-state index >= 15 is 0 Å². The first-order valence-electron chi connectivity index (χ1n) is 4.30. The van der Waals surface area contributed by atoms with Gasteiger partial charge in [-0.05, 0) is 24.3 Å². The highest BCUT2D eigenvalue weighted by molar-refractivity contribution is 6.30. The lowest BCUT2D eigenvalue weighted by molar-refractivity contribution is -0.131. The van der Waals surface area contributed by atoms with Crippen LogP contribution in [0.1, 0.15) is 0 Å². The molecule has 0 saturated carbocycles. The van der Waals surface area contributed by atoms with Crippen molar-refractivity contribution in [3.63, 3.8) is 0 Å². The molecular weight excluding hydrogens is 232 g/mol. The predicted molar refractivity (Wildman–Crippen MR) is 60.0 cm³/mol. The third-order valence-corrected chi connectivity index (χ3v) is 1.80. The zero-order valence-electron chi connectivity index (χ0n) is 8.11. The number of hydrogen-bond acceptors (Lipinski definition) is 3. The fourth-order valence-electron chi connectivity index (χ4n) is 0.856. The molecule has 84 valence electrons. The minimum atomic E-state index is -1.18. The Kier molecular flexibility index (Phi) is 4.35. The van der Waals surface area contributed by atoms with Gasteiger partial charge in [0.25, 0.3) is 5.91 Å². The quantitative estimate of drug-likeness (QED) is 0.549. The van der Waals surface area contributed by atoms with Crippen LogP contribution in [0.4, 0.5) is 5.69 Å². The van der Waals surface area contributed by atoms with E-state index < -0.39 is 11.9 Å². The van der Waals surface area contributed by atoms with Gasteiger partial charge in [-0.15, -0.1) is 0 Å². The van der Waals surface area contributed by atoms with E-state index in [1.807, 2.05) is 0 Å². The van der Waals surface area contributed by atoms with Crippen molar-refractivity contribution in [2.75, 3.05) is 5.43 Å². The molecule has 16 heavy (non-hydrogen) atoms. The number of nitrogens with one attached hydrogen (secondary N) is 2. The van der Waals surface area contributed by atoms with Gasteiger partial charge in [-0.1, -0.05) is 11.6 Å². The Hall–Kier alpha value is -2.01. The van der Waals surface area contributed by atoms with Gasteiger partial charge in [-0.2, -0.15) is 0 Å². The van der Waals surface area contributed by atoms with Crippen LogP contribution in [0.3, 0.4) is 0 Å². The van der Waals surface area contributed by atoms with Crippen molar-refractivity contribution in [1.29, 1.82) is 0 Å². The summed E-state index contributed by atoms with van der Waals surface area (Å²) in [7, 11) is 0. The number of anilines is 1. The monoisotopic (exact) mass is 240 g/mol. The second kappa shape index (κ2) is 5.77. The molecule has 0 heterocycles. The molecule has 3 N–H and O–H groups in total. The highest BCUT2D eigenvalue weighted by Gasteiger charge is 1.96. The maximum Gasteiger partial charge on any atom is 0.328 e. The first-order chi connectivity index (χ1) is 7.58. The highest BCUT2D eigenvalue weighted by Crippen LogP contribution is 2.12. The number of hydrogen-bond donors (Lipinski definition) is 3. The summed E-state index contributed by atoms with van der Waals surface area (Å²) in [6.07, 6.45) is 1.66. The van der Waals surface area contributed by atoms with Gasteiger partial charge in [-0.3, -0.25) is 15.6 Å². The van der Waals surface area contributed by atoms with E-state index in [1.165, 1.54) is 0 Å². The van der Waals surface area contributed by atoms with Crippen molar-refractivity contribution < 1.29 is 14.7 Å². The molecule has 6 heteroatoms. The molecule has 0 unspecified atom stereocenters. The van der Waals surface area contributed by atoms with Crippen molar-refractivity contribution in [2.45, 2.75) is 0 Å². The van der Waals surface area contributed by atoms with E-state index in [1.54, 1.807) is 24.3 Å². The van der Waals surface area contributed by atoms with Gasteiger partial charge >= 0.3 is 5.97 Å². The van der Waals surface area contributed by atoms with E-state index in [4.69, 9.17) is 16.7 Å². The van der Waals surface area contributed by atoms with Crippen molar-refractivity contribution in [3.05, 3.63) is 41.4 Å². The Morgan fingerprint density at radius 1 is 1.19 bits per heavy atom. The molecule has 0 fully saturated rings. The number of carboxylic acid groups (broad SMARTS) is 1. The van der Waals surface area contributed by atoms with E-state index in [2.05, 4.69) is 10.9 Å². The standard InChI is InChI=1S/C10H9ClN2O3/c11-7-1-3-8(4-2-7)12-13-9(14)5-6-10(15)16/h1-6,12H,(H,13,14)(H,15,16)/b6-5+. The molecule has 0 aromatic heterocycles. The lowest BCUT2D eigenvalue weighted by Gasteiger charge is -2.05. The molecule has 5 nitrogen and oxygen atoms in total. The number of carboxylic acids is 1. The molecule has 1 aromatic carbocycles. The van der Waals surface area contributed by atoms with Gasteiger partial charge in [0.15, 0.2) is 0 Å². The van der Waals surface area contributed by atoms with E-state index in [0.29, 0.717) is 10.7 Å². The fraction of sp³-hybridized carbons (Fsp3) is 0. The maximum atomic E-state index is 11.0. The molecule has 0 aliphatic carbocycles. The molecule has 0 aliphatic heterocycles. The minimum absolute atomic E-state index is 0.558. The molecule has 0 saturated heterocycles. The maximum absolute atomic E-state index is 11.0. The zero-order valence-corrected chi connectivity index (χ0v) is 8.86. The van der Waals surface area contributed by atoms with Crippen LogP contribution in [0.5, 0.6) is 0 Å². The molecule has 1 amide bonds. The number of hydrazine groups is 1. The van der Waals surface area contributed by atoms with Crippen LogP contribution >= 0.6 is 11.6 Å². The van der Waals surface area contributed by atoms with Crippen LogP contribution in [0.2, 0.25) is 5.02 Å². The number of aliphatic carboxylic acids is 1. The molecule has 0 spiro atoms. The molecule has 0 atom stereocenters. The summed E-state index contributed by atoms with van der Waals surface area (Å²) in [5.41, 5.74) is 5.52. The Morgan fingerprint density at radius 3 is 2.38 bits per heavy atom. The zero-order chi connectivity index (χ0) is 12.0. The summed E-state index contributed by atoms with van der Waals surface area (Å²) in [4.78, 5) is 21.2. The molecule has 0 radical (unpaired) electrons. The number of halogens is 1. The summed E-state index contributed by atoms with van der Waals surface area (Å²) in [6.45, 7) is 0. The lowest BCUT2D eigenvalue weighted by Crippen LogP contribution is -2.27. The number of carbonyl (C=O) groups is 2. The summed E-state index contributed by atoms with van der Waals surface area (Å²) in [5.74, 6) is -1.74. The molecule has 0 bridgehead atoms. The normalized spacial score (nSPS) is 10.1. The Morgan fingerprint density at radius 2 is 1.81 bits per heavy atom. The molecule has 1 rings (SSSR count). The molecule has 0 aliphatic rings. The summed E-state index contributed by atoms with van der Waals surface area (Å²) in [5, 5.41) is 8.86. The second-order valence-electron chi connectivity index (χ2n) is 2.79. The number of amides is 1. The van der Waals surface area contributed by atoms with E-state index in [9.17, 15) is 9.59 Å². The van der Waals surface area contributed by atoms with Crippen LogP contribution in [-0.4, -0.2) is 17.0 Å². The van der Waals surface area contributed by atoms with Gasteiger partial charge in [-0.25, -0.2) is 4.79 Å². The topological polar surface area (TPSA) is 78.4 Å². The van der Waals surface area contributed by atoms with Crippen molar-refractivity contribution >= 4 is 29.2 Å². The third kappa shape index (κ3) is 4.47. The number of rotatable bonds is 4. The van der Waals surface area contributed by atoms with Crippen LogP contribution < -0.4 is 10.9 Å². The van der Waals surface area contributed by atoms with E-state index in [-0.39, 0.29) is 0 Å². The average molecular weight is 241 g/mol. The van der Waals surface area contributed by atoms with Gasteiger partial charge in [0.1, 0.15) is 0 Å². The van der Waals surface area contributed by atoms with Crippen LogP contribution in [-0.2, 0) is 9.59 Å². The number of carbonyl (C=O) groups excluding carboxylic acids is 1. The second-order valence-corrected chi connectivity index (χ2v) is 3.23. The van der Waals surface area contributed by atoms with Crippen LogP contribution in [0.25, 0.3) is 0 Å². The smallest absolute Gasteiger partial charge is 0.328 e. The fourth-order valence-corrected chi connectivity index (χ4v) is 0.982. The summed E-state index contributed by atoms with van der Waals surface area (Å²) >= 11 is 5.67. The summed E-state index contributed by atoms with van der Waals surface area (Å²) in [6, 6.07) is 6.65. The van der Waals surface area contributed by atoms with Crippen molar-refractivity contribution in [3.8, 4) is 0 Å². The van der Waals surface area contributed by atoms with Crippen molar-refractivity contribution in [2.24, 2.45) is 0 Å². The van der Waals surface area contributed by atoms with Gasteiger partial charge in [0, 0.05) is 17.2 Å². The average Bonchev–Trinajstić information content (AvgIpc) is 2.25. The largest absolute Gasteiger partial charge is 0.478 e. The Bertz CT molecular complexity index is 415. The third-order valence-electron chi connectivity index (χ3n) is 1.55. The minimum Gasteiger partial charge on any atom is -0.478 e. The Labute approximate surface area is 96.7 Å². The highest BCUT2D eigenvalue weighted by atomic mass is 35.5. The van der Waals surface area contributed by atoms with Gasteiger partial charge in [0.05, 0.1) is 5.69 Å². The first-order valence-corrected chi connectivity index (χ1v) is 4.68. The predicted octanol–water partition coefficient (Wildman–Crippen LogP) is 1.42. The van der Waals surface area contributed by atoms with Crippen LogP contribution in [0, 0.1) is 0 Å². The van der Waals surface area contributed by atoms with Gasteiger partial charge in [0.2, 0.25) is 0 Å².